The van der Waals surface area contributed by atoms with Gasteiger partial charge in [0.2, 0.25) is 5.91 Å². The maximum absolute atomic E-state index is 12.5. The molecule has 2 saturated heterocycles. The number of halogens is 1. The monoisotopic (exact) mass is 442 g/mol. The summed E-state index contributed by atoms with van der Waals surface area (Å²) in [6.07, 6.45) is 5.15. The van der Waals surface area contributed by atoms with Gasteiger partial charge in [-0.15, -0.1) is 0 Å². The zero-order valence-electron chi connectivity index (χ0n) is 16.7. The first-order chi connectivity index (χ1) is 13.8. The molecule has 0 aliphatic carbocycles. The highest BCUT2D eigenvalue weighted by Crippen LogP contribution is 2.36. The lowest BCUT2D eigenvalue weighted by Crippen LogP contribution is -2.49. The molecule has 1 amide bonds. The standard InChI is InChI=1S/C20H27ClN2O5S/c1-3-28-18-11-14(10-15(21)20(18)27-2)6-7-19(24)22-16-12-29(25,26)13-17(16)23-8-4-5-9-23/h6-7,10-11,16-17H,3-5,8-9,12-13H2,1-2H3,(H,22,24)/b7-6+. The van der Waals surface area contributed by atoms with Crippen molar-refractivity contribution in [2.24, 2.45) is 0 Å². The molecule has 0 spiro atoms. The molecular weight excluding hydrogens is 416 g/mol. The van der Waals surface area contributed by atoms with E-state index in [2.05, 4.69) is 10.2 Å². The molecule has 0 aromatic heterocycles. The molecule has 2 aliphatic rings. The van der Waals surface area contributed by atoms with E-state index in [0.29, 0.717) is 28.7 Å². The van der Waals surface area contributed by atoms with Crippen LogP contribution in [-0.2, 0) is 14.6 Å². The molecular formula is C20H27ClN2O5S. The van der Waals surface area contributed by atoms with Crippen LogP contribution in [-0.4, -0.2) is 69.6 Å². The van der Waals surface area contributed by atoms with Gasteiger partial charge < -0.3 is 14.8 Å². The number of hydrogen-bond acceptors (Lipinski definition) is 6. The molecule has 0 radical (unpaired) electrons. The van der Waals surface area contributed by atoms with E-state index in [1.807, 2.05) is 6.92 Å². The molecule has 2 unspecified atom stereocenters. The minimum atomic E-state index is -3.15. The van der Waals surface area contributed by atoms with Gasteiger partial charge in [0.05, 0.1) is 36.3 Å². The number of likely N-dealkylation sites (tertiary alicyclic amines) is 1. The number of hydrogen-bond donors (Lipinski definition) is 1. The Morgan fingerprint density at radius 3 is 2.69 bits per heavy atom. The predicted octanol–water partition coefficient (Wildman–Crippen LogP) is 2.14. The molecule has 1 N–H and O–H groups in total. The summed E-state index contributed by atoms with van der Waals surface area (Å²) >= 11 is 6.23. The summed E-state index contributed by atoms with van der Waals surface area (Å²) < 4.78 is 35.1. The number of carbonyl (C=O) groups excluding carboxylic acids is 1. The SMILES string of the molecule is CCOc1cc(/C=C/C(=O)NC2CS(=O)(=O)CC2N2CCCC2)cc(Cl)c1OC. The van der Waals surface area contributed by atoms with Crippen molar-refractivity contribution in [3.8, 4) is 11.5 Å². The number of carbonyl (C=O) groups is 1. The van der Waals surface area contributed by atoms with Crippen molar-refractivity contribution >= 4 is 33.4 Å². The normalized spacial score (nSPS) is 24.1. The Morgan fingerprint density at radius 2 is 2.03 bits per heavy atom. The largest absolute Gasteiger partial charge is 0.491 e. The Balaban J connectivity index is 1.70. The second-order valence-electron chi connectivity index (χ2n) is 7.30. The smallest absolute Gasteiger partial charge is 0.244 e. The molecule has 3 rings (SSSR count). The third kappa shape index (κ3) is 5.43. The molecule has 9 heteroatoms. The van der Waals surface area contributed by atoms with E-state index < -0.39 is 15.9 Å². The topological polar surface area (TPSA) is 84.9 Å². The quantitative estimate of drug-likeness (QED) is 0.651. The summed E-state index contributed by atoms with van der Waals surface area (Å²) in [5.41, 5.74) is 0.685. The third-order valence-electron chi connectivity index (χ3n) is 5.22. The van der Waals surface area contributed by atoms with Gasteiger partial charge in [0.25, 0.3) is 0 Å². The van der Waals surface area contributed by atoms with Crippen LogP contribution < -0.4 is 14.8 Å². The van der Waals surface area contributed by atoms with Gasteiger partial charge in [-0.05, 0) is 56.6 Å². The van der Waals surface area contributed by atoms with Crippen LogP contribution in [0.1, 0.15) is 25.3 Å². The third-order valence-corrected chi connectivity index (χ3v) is 7.22. The lowest BCUT2D eigenvalue weighted by atomic mass is 10.1. The second kappa shape index (κ2) is 9.36. The van der Waals surface area contributed by atoms with E-state index in [1.165, 1.54) is 13.2 Å². The van der Waals surface area contributed by atoms with Gasteiger partial charge >= 0.3 is 0 Å². The van der Waals surface area contributed by atoms with Crippen LogP contribution in [0.25, 0.3) is 6.08 Å². The fourth-order valence-electron chi connectivity index (χ4n) is 3.95. The van der Waals surface area contributed by atoms with E-state index in [1.54, 1.807) is 18.2 Å². The number of amides is 1. The van der Waals surface area contributed by atoms with Crippen molar-refractivity contribution in [2.75, 3.05) is 38.3 Å². The van der Waals surface area contributed by atoms with Crippen LogP contribution in [0, 0.1) is 0 Å². The van der Waals surface area contributed by atoms with Crippen LogP contribution in [0.15, 0.2) is 18.2 Å². The molecule has 29 heavy (non-hydrogen) atoms. The van der Waals surface area contributed by atoms with E-state index in [0.717, 1.165) is 25.9 Å². The molecule has 160 valence electrons. The maximum atomic E-state index is 12.5. The number of nitrogens with zero attached hydrogens (tertiary/aromatic N) is 1. The average Bonchev–Trinajstić information content (AvgIpc) is 3.27. The van der Waals surface area contributed by atoms with Crippen LogP contribution >= 0.6 is 11.6 Å². The molecule has 0 bridgehead atoms. The highest BCUT2D eigenvalue weighted by molar-refractivity contribution is 7.91. The fraction of sp³-hybridized carbons (Fsp3) is 0.550. The fourth-order valence-corrected chi connectivity index (χ4v) is 6.20. The van der Waals surface area contributed by atoms with Crippen LogP contribution in [0.2, 0.25) is 5.02 Å². The molecule has 2 atom stereocenters. The highest BCUT2D eigenvalue weighted by atomic mass is 35.5. The van der Waals surface area contributed by atoms with Gasteiger partial charge in [-0.3, -0.25) is 9.69 Å². The Labute approximate surface area is 176 Å². The number of methoxy groups -OCH3 is 1. The van der Waals surface area contributed by atoms with Crippen molar-refractivity contribution in [1.82, 2.24) is 10.2 Å². The lowest BCUT2D eigenvalue weighted by molar-refractivity contribution is -0.117. The summed E-state index contributed by atoms with van der Waals surface area (Å²) in [6.45, 7) is 4.07. The van der Waals surface area contributed by atoms with E-state index >= 15 is 0 Å². The van der Waals surface area contributed by atoms with Crippen molar-refractivity contribution in [3.63, 3.8) is 0 Å². The average molecular weight is 443 g/mol. The van der Waals surface area contributed by atoms with Crippen molar-refractivity contribution < 1.29 is 22.7 Å². The molecule has 1 aromatic rings. The van der Waals surface area contributed by atoms with Gasteiger partial charge in [-0.1, -0.05) is 11.6 Å². The van der Waals surface area contributed by atoms with Gasteiger partial charge in [0.15, 0.2) is 21.3 Å². The summed E-state index contributed by atoms with van der Waals surface area (Å²) in [5.74, 6) is 0.698. The summed E-state index contributed by atoms with van der Waals surface area (Å²) in [6, 6.07) is 2.87. The first kappa shape index (κ1) is 21.9. The number of ether oxygens (including phenoxy) is 2. The Morgan fingerprint density at radius 1 is 1.31 bits per heavy atom. The summed E-state index contributed by atoms with van der Waals surface area (Å²) in [5, 5.41) is 3.26. The van der Waals surface area contributed by atoms with Gasteiger partial charge in [-0.2, -0.15) is 0 Å². The van der Waals surface area contributed by atoms with Gasteiger partial charge in [0, 0.05) is 12.1 Å². The van der Waals surface area contributed by atoms with Crippen molar-refractivity contribution in [1.29, 1.82) is 0 Å². The van der Waals surface area contributed by atoms with Gasteiger partial charge in [-0.25, -0.2) is 8.42 Å². The van der Waals surface area contributed by atoms with Crippen LogP contribution in [0.5, 0.6) is 11.5 Å². The maximum Gasteiger partial charge on any atom is 0.244 e. The number of benzene rings is 1. The van der Waals surface area contributed by atoms with E-state index in [-0.39, 0.29) is 23.5 Å². The molecule has 0 saturated carbocycles. The number of rotatable bonds is 7. The van der Waals surface area contributed by atoms with Crippen LogP contribution in [0.4, 0.5) is 0 Å². The first-order valence-corrected chi connectivity index (χ1v) is 12.0. The highest BCUT2D eigenvalue weighted by Gasteiger charge is 2.42. The Hall–Kier alpha value is -1.77. The Bertz CT molecular complexity index is 881. The zero-order valence-corrected chi connectivity index (χ0v) is 18.3. The summed E-state index contributed by atoms with van der Waals surface area (Å²) in [7, 11) is -1.64. The number of sulfone groups is 1. The number of nitrogens with one attached hydrogen (secondary N) is 1. The van der Waals surface area contributed by atoms with Crippen molar-refractivity contribution in [2.45, 2.75) is 31.8 Å². The molecule has 1 aromatic carbocycles. The molecule has 2 heterocycles. The molecule has 2 fully saturated rings. The van der Waals surface area contributed by atoms with Gasteiger partial charge in [0.1, 0.15) is 0 Å². The second-order valence-corrected chi connectivity index (χ2v) is 9.86. The first-order valence-electron chi connectivity index (χ1n) is 9.76. The lowest BCUT2D eigenvalue weighted by Gasteiger charge is -2.28. The van der Waals surface area contributed by atoms with E-state index in [9.17, 15) is 13.2 Å². The Kier molecular flexibility index (Phi) is 7.08. The minimum absolute atomic E-state index is 0.0173. The predicted molar refractivity (Wildman–Crippen MR) is 113 cm³/mol. The van der Waals surface area contributed by atoms with Crippen LogP contribution in [0.3, 0.4) is 0 Å². The minimum Gasteiger partial charge on any atom is -0.491 e. The molecule has 7 nitrogen and oxygen atoms in total. The van der Waals surface area contributed by atoms with Crippen molar-refractivity contribution in [3.05, 3.63) is 28.8 Å². The molecule has 2 aliphatic heterocycles. The zero-order chi connectivity index (χ0) is 21.0. The van der Waals surface area contributed by atoms with E-state index in [4.69, 9.17) is 21.1 Å². The summed E-state index contributed by atoms with van der Waals surface area (Å²) in [4.78, 5) is 14.6.